The Labute approximate surface area is 39.6 Å². The summed E-state index contributed by atoms with van der Waals surface area (Å²) in [5, 5.41) is 0. The van der Waals surface area contributed by atoms with Crippen LogP contribution in [-0.2, 0) is 0 Å². The fraction of sp³-hybridized carbons (Fsp3) is 0.500. The molecule has 32 valence electrons. The molecule has 0 rings (SSSR count). The summed E-state index contributed by atoms with van der Waals surface area (Å²) in [4.78, 5) is 0. The smallest absolute Gasteiger partial charge is 0.109 e. The topological polar surface area (TPSA) is 26.0 Å². The number of hydrogen-bond acceptors (Lipinski definition) is 1. The van der Waals surface area contributed by atoms with Crippen molar-refractivity contribution in [3.63, 3.8) is 0 Å². The number of rotatable bonds is 0. The Hall–Kier alpha value is -0.395. The lowest BCUT2D eigenvalue weighted by Crippen LogP contribution is -1.93. The summed E-state index contributed by atoms with van der Waals surface area (Å²) in [6, 6.07) is 0. The van der Waals surface area contributed by atoms with Crippen molar-refractivity contribution in [2.45, 2.75) is 13.8 Å². The van der Waals surface area contributed by atoms with Crippen LogP contribution in [0.5, 0.6) is 0 Å². The molecular formula is C4H8BN. The molecule has 6 heavy (non-hydrogen) atoms. The fourth-order valence-corrected chi connectivity index (χ4v) is 0. The summed E-state index contributed by atoms with van der Waals surface area (Å²) in [6.07, 6.45) is 0. The van der Waals surface area contributed by atoms with Gasteiger partial charge in [0.15, 0.2) is 0 Å². The normalized spacial score (nSPS) is 13.7. The molecule has 0 atom stereocenters. The van der Waals surface area contributed by atoms with Gasteiger partial charge in [-0.3, -0.25) is 0 Å². The van der Waals surface area contributed by atoms with Gasteiger partial charge in [0.1, 0.15) is 7.85 Å². The Balaban J connectivity index is 3.68. The van der Waals surface area contributed by atoms with E-state index in [1.165, 1.54) is 0 Å². The highest BCUT2D eigenvalue weighted by molar-refractivity contribution is 6.21. The highest BCUT2D eigenvalue weighted by Crippen LogP contribution is 1.85. The maximum atomic E-state index is 5.19. The maximum Gasteiger partial charge on any atom is 0.109 e. The van der Waals surface area contributed by atoms with Crippen molar-refractivity contribution in [2.75, 3.05) is 0 Å². The summed E-state index contributed by atoms with van der Waals surface area (Å²) < 4.78 is 0. The second-order valence-corrected chi connectivity index (χ2v) is 1.37. The van der Waals surface area contributed by atoms with E-state index in [-0.39, 0.29) is 0 Å². The summed E-state index contributed by atoms with van der Waals surface area (Å²) in [7, 11) is 5.19. The Morgan fingerprint density at radius 2 is 1.67 bits per heavy atom. The third kappa shape index (κ3) is 1.88. The predicted molar refractivity (Wildman–Crippen MR) is 28.3 cm³/mol. The van der Waals surface area contributed by atoms with Gasteiger partial charge < -0.3 is 5.73 Å². The van der Waals surface area contributed by atoms with Crippen molar-refractivity contribution < 1.29 is 0 Å². The molecular weight excluding hydrogens is 72.9 g/mol. The molecule has 1 nitrogen and oxygen atoms in total. The second kappa shape index (κ2) is 1.90. The molecule has 0 fully saturated rings. The minimum Gasteiger partial charge on any atom is -0.403 e. The van der Waals surface area contributed by atoms with Crippen LogP contribution < -0.4 is 5.73 Å². The number of nitrogens with two attached hydrogens (primary N) is 1. The average Bonchev–Trinajstić information content (AvgIpc) is 1.36. The van der Waals surface area contributed by atoms with Gasteiger partial charge in [-0.2, -0.15) is 0 Å². The van der Waals surface area contributed by atoms with Crippen molar-refractivity contribution in [1.82, 2.24) is 0 Å². The van der Waals surface area contributed by atoms with Crippen molar-refractivity contribution >= 4 is 7.85 Å². The van der Waals surface area contributed by atoms with E-state index in [9.17, 15) is 0 Å². The summed E-state index contributed by atoms with van der Waals surface area (Å²) >= 11 is 0. The van der Waals surface area contributed by atoms with Crippen molar-refractivity contribution in [3.8, 4) is 0 Å². The van der Waals surface area contributed by atoms with Crippen molar-refractivity contribution in [2.24, 2.45) is 5.73 Å². The molecule has 0 aromatic rings. The zero-order valence-electron chi connectivity index (χ0n) is 4.15. The van der Waals surface area contributed by atoms with E-state index >= 15 is 0 Å². The Morgan fingerprint density at radius 1 is 1.50 bits per heavy atom. The number of allylic oxidation sites excluding steroid dienone is 2. The molecule has 2 radical (unpaired) electrons. The van der Waals surface area contributed by atoms with E-state index in [2.05, 4.69) is 0 Å². The largest absolute Gasteiger partial charge is 0.403 e. The lowest BCUT2D eigenvalue weighted by molar-refractivity contribution is 1.27. The van der Waals surface area contributed by atoms with Crippen LogP contribution in [0.25, 0.3) is 0 Å². The minimum atomic E-state index is 0.704. The van der Waals surface area contributed by atoms with Gasteiger partial charge in [0.25, 0.3) is 0 Å². The van der Waals surface area contributed by atoms with Crippen molar-refractivity contribution in [3.05, 3.63) is 11.2 Å². The molecule has 0 aliphatic rings. The Bertz CT molecular complexity index is 57.6. The molecule has 0 aromatic heterocycles. The summed E-state index contributed by atoms with van der Waals surface area (Å²) in [6.45, 7) is 3.55. The molecule has 0 amide bonds. The minimum absolute atomic E-state index is 0.704. The van der Waals surface area contributed by atoms with Gasteiger partial charge in [0, 0.05) is 0 Å². The third-order valence-electron chi connectivity index (χ3n) is 0.622. The summed E-state index contributed by atoms with van der Waals surface area (Å²) in [5.41, 5.74) is 6.60. The lowest BCUT2D eigenvalue weighted by Gasteiger charge is -1.89. The van der Waals surface area contributed by atoms with E-state index in [1.54, 1.807) is 13.8 Å². The van der Waals surface area contributed by atoms with Crippen LogP contribution in [0, 0.1) is 0 Å². The van der Waals surface area contributed by atoms with Gasteiger partial charge in [0.2, 0.25) is 0 Å². The Morgan fingerprint density at radius 3 is 1.67 bits per heavy atom. The van der Waals surface area contributed by atoms with Gasteiger partial charge in [-0.25, -0.2) is 0 Å². The average molecular weight is 80.9 g/mol. The van der Waals surface area contributed by atoms with Crippen LogP contribution in [0.1, 0.15) is 13.8 Å². The van der Waals surface area contributed by atoms with Gasteiger partial charge in [-0.05, 0) is 12.6 Å². The standard InChI is InChI=1S/C4H8BN/c1-3(5)4(2)6/h6H2,1-2H3/b4-3-. The highest BCUT2D eigenvalue weighted by Gasteiger charge is 1.75. The van der Waals surface area contributed by atoms with Gasteiger partial charge in [0.05, 0.1) is 0 Å². The van der Waals surface area contributed by atoms with Crippen LogP contribution in [0.15, 0.2) is 11.2 Å². The summed E-state index contributed by atoms with van der Waals surface area (Å²) in [5.74, 6) is 0. The third-order valence-corrected chi connectivity index (χ3v) is 0.622. The Kier molecular flexibility index (Phi) is 1.78. The van der Waals surface area contributed by atoms with E-state index in [4.69, 9.17) is 13.6 Å². The first-order chi connectivity index (χ1) is 2.64. The van der Waals surface area contributed by atoms with Gasteiger partial charge in [-0.15, -0.1) is 5.47 Å². The number of hydrogen-bond donors (Lipinski definition) is 1. The first-order valence-corrected chi connectivity index (χ1v) is 1.83. The van der Waals surface area contributed by atoms with E-state index in [0.29, 0.717) is 11.2 Å². The molecule has 0 unspecified atom stereocenters. The highest BCUT2D eigenvalue weighted by atomic mass is 14.5. The monoisotopic (exact) mass is 81.1 g/mol. The van der Waals surface area contributed by atoms with Crippen LogP contribution in [0.3, 0.4) is 0 Å². The zero-order valence-corrected chi connectivity index (χ0v) is 4.15. The first kappa shape index (κ1) is 5.60. The molecule has 0 spiro atoms. The molecule has 0 aliphatic carbocycles. The first-order valence-electron chi connectivity index (χ1n) is 1.83. The molecule has 0 heterocycles. The molecule has 0 aromatic carbocycles. The van der Waals surface area contributed by atoms with Crippen LogP contribution >= 0.6 is 0 Å². The maximum absolute atomic E-state index is 5.19. The van der Waals surface area contributed by atoms with E-state index in [0.717, 1.165) is 0 Å². The lowest BCUT2D eigenvalue weighted by atomic mass is 9.96. The van der Waals surface area contributed by atoms with Gasteiger partial charge in [-0.1, -0.05) is 6.92 Å². The molecule has 2 N–H and O–H groups in total. The molecule has 0 saturated carbocycles. The molecule has 2 heteroatoms. The zero-order chi connectivity index (χ0) is 5.15. The van der Waals surface area contributed by atoms with E-state index in [1.807, 2.05) is 0 Å². The van der Waals surface area contributed by atoms with E-state index < -0.39 is 0 Å². The van der Waals surface area contributed by atoms with Crippen LogP contribution in [-0.4, -0.2) is 7.85 Å². The second-order valence-electron chi connectivity index (χ2n) is 1.37. The molecule has 0 bridgehead atoms. The van der Waals surface area contributed by atoms with Crippen molar-refractivity contribution in [1.29, 1.82) is 0 Å². The quantitative estimate of drug-likeness (QED) is 0.418. The van der Waals surface area contributed by atoms with Crippen LogP contribution in [0.2, 0.25) is 0 Å². The van der Waals surface area contributed by atoms with Crippen LogP contribution in [0.4, 0.5) is 0 Å². The molecule has 0 saturated heterocycles. The van der Waals surface area contributed by atoms with Gasteiger partial charge >= 0.3 is 0 Å². The molecule has 0 aliphatic heterocycles. The SMILES string of the molecule is [B]/C(C)=C(/C)N. The fourth-order valence-electron chi connectivity index (χ4n) is 0. The predicted octanol–water partition coefficient (Wildman–Crippen LogP) is 0.365.